The van der Waals surface area contributed by atoms with Crippen molar-refractivity contribution in [3.63, 3.8) is 0 Å². The summed E-state index contributed by atoms with van der Waals surface area (Å²) in [6.45, 7) is 8.21. The lowest BCUT2D eigenvalue weighted by molar-refractivity contribution is -0.221. The van der Waals surface area contributed by atoms with Crippen molar-refractivity contribution in [1.29, 1.82) is 0 Å². The van der Waals surface area contributed by atoms with E-state index in [1.807, 2.05) is 13.8 Å². The van der Waals surface area contributed by atoms with Gasteiger partial charge in [-0.15, -0.1) is 0 Å². The van der Waals surface area contributed by atoms with E-state index in [4.69, 9.17) is 5.73 Å². The van der Waals surface area contributed by atoms with Crippen LogP contribution in [0.4, 0.5) is 0 Å². The van der Waals surface area contributed by atoms with E-state index in [-0.39, 0.29) is 17.1 Å². The number of hydrogen-bond acceptors (Lipinski definition) is 3. The summed E-state index contributed by atoms with van der Waals surface area (Å²) < 4.78 is 0. The van der Waals surface area contributed by atoms with E-state index >= 15 is 0 Å². The van der Waals surface area contributed by atoms with Crippen LogP contribution in [0.1, 0.15) is 47.0 Å². The fraction of sp³-hybridized carbons (Fsp3) is 1.00. The van der Waals surface area contributed by atoms with Crippen LogP contribution in [0.3, 0.4) is 0 Å². The van der Waals surface area contributed by atoms with Gasteiger partial charge in [-0.25, -0.2) is 0 Å². The van der Waals surface area contributed by atoms with E-state index in [2.05, 4.69) is 13.8 Å². The van der Waals surface area contributed by atoms with Crippen LogP contribution >= 0.6 is 0 Å². The quantitative estimate of drug-likeness (QED) is 0.606. The Morgan fingerprint density at radius 1 is 1.23 bits per heavy atom. The zero-order valence-electron chi connectivity index (χ0n) is 9.17. The summed E-state index contributed by atoms with van der Waals surface area (Å²) in [4.78, 5) is 0. The van der Waals surface area contributed by atoms with Crippen molar-refractivity contribution in [3.8, 4) is 0 Å². The Hall–Kier alpha value is -0.120. The number of rotatable bonds is 0. The summed E-state index contributed by atoms with van der Waals surface area (Å²) in [5.74, 6) is 0. The molecular weight excluding hydrogens is 164 g/mol. The van der Waals surface area contributed by atoms with Gasteiger partial charge in [-0.2, -0.15) is 5.06 Å². The van der Waals surface area contributed by atoms with Crippen LogP contribution in [0.2, 0.25) is 0 Å². The number of nitrogens with zero attached hydrogens (tertiary/aromatic N) is 1. The molecule has 0 radical (unpaired) electrons. The predicted octanol–water partition coefficient (Wildman–Crippen LogP) is 1.75. The van der Waals surface area contributed by atoms with Crippen LogP contribution in [-0.4, -0.2) is 27.4 Å². The highest BCUT2D eigenvalue weighted by molar-refractivity contribution is 4.93. The lowest BCUT2D eigenvalue weighted by Gasteiger charge is -2.42. The average Bonchev–Trinajstić information content (AvgIpc) is 2.03. The molecule has 78 valence electrons. The van der Waals surface area contributed by atoms with Gasteiger partial charge in [-0.1, -0.05) is 0 Å². The highest BCUT2D eigenvalue weighted by Gasteiger charge is 2.40. The highest BCUT2D eigenvalue weighted by atomic mass is 16.5. The first-order valence-electron chi connectivity index (χ1n) is 5.00. The second-order valence-electron chi connectivity index (χ2n) is 5.44. The maximum atomic E-state index is 10.0. The fourth-order valence-corrected chi connectivity index (χ4v) is 2.29. The minimum atomic E-state index is -0.209. The molecule has 1 aliphatic rings. The Kier molecular flexibility index (Phi) is 2.72. The topological polar surface area (TPSA) is 49.5 Å². The van der Waals surface area contributed by atoms with Crippen molar-refractivity contribution in [2.24, 2.45) is 5.73 Å². The van der Waals surface area contributed by atoms with Gasteiger partial charge in [0.05, 0.1) is 0 Å². The van der Waals surface area contributed by atoms with Gasteiger partial charge in [0, 0.05) is 17.1 Å². The zero-order valence-corrected chi connectivity index (χ0v) is 9.17. The van der Waals surface area contributed by atoms with Gasteiger partial charge in [0.15, 0.2) is 0 Å². The molecule has 1 atom stereocenters. The number of hydroxylamine groups is 2. The first-order valence-corrected chi connectivity index (χ1v) is 5.00. The summed E-state index contributed by atoms with van der Waals surface area (Å²) in [5.41, 5.74) is 5.59. The van der Waals surface area contributed by atoms with Gasteiger partial charge in [-0.3, -0.25) is 0 Å². The average molecular weight is 186 g/mol. The largest absolute Gasteiger partial charge is 0.328 e. The maximum Gasteiger partial charge on any atom is 0.0425 e. The second-order valence-corrected chi connectivity index (χ2v) is 5.44. The predicted molar refractivity (Wildman–Crippen MR) is 53.6 cm³/mol. The van der Waals surface area contributed by atoms with Crippen LogP contribution in [0, 0.1) is 0 Å². The molecule has 1 heterocycles. The Balaban J connectivity index is 2.87. The van der Waals surface area contributed by atoms with E-state index in [0.29, 0.717) is 0 Å². The summed E-state index contributed by atoms with van der Waals surface area (Å²) in [5, 5.41) is 11.5. The summed E-state index contributed by atoms with van der Waals surface area (Å²) >= 11 is 0. The highest BCUT2D eigenvalue weighted by Crippen LogP contribution is 2.34. The van der Waals surface area contributed by atoms with Gasteiger partial charge in [0.1, 0.15) is 0 Å². The standard InChI is InChI=1S/C10H22N2O/c1-9(2)6-5-8(11)7-10(3,4)12(9)13/h8,13H,5-7,11H2,1-4H3. The lowest BCUT2D eigenvalue weighted by Crippen LogP contribution is -2.52. The van der Waals surface area contributed by atoms with Crippen molar-refractivity contribution in [3.05, 3.63) is 0 Å². The van der Waals surface area contributed by atoms with Gasteiger partial charge >= 0.3 is 0 Å². The molecule has 1 saturated heterocycles. The number of nitrogens with two attached hydrogens (primary N) is 1. The van der Waals surface area contributed by atoms with Crippen molar-refractivity contribution in [2.75, 3.05) is 0 Å². The molecule has 0 aromatic heterocycles. The molecule has 1 fully saturated rings. The third-order valence-corrected chi connectivity index (χ3v) is 3.04. The Bertz CT molecular complexity index is 189. The molecule has 0 aromatic carbocycles. The molecule has 3 nitrogen and oxygen atoms in total. The fourth-order valence-electron chi connectivity index (χ4n) is 2.29. The van der Waals surface area contributed by atoms with Crippen LogP contribution in [0.15, 0.2) is 0 Å². The Labute approximate surface area is 80.9 Å². The van der Waals surface area contributed by atoms with Crippen molar-refractivity contribution in [2.45, 2.75) is 64.1 Å². The number of hydrogen-bond donors (Lipinski definition) is 2. The zero-order chi connectivity index (χ0) is 10.3. The van der Waals surface area contributed by atoms with Crippen LogP contribution < -0.4 is 5.73 Å². The molecule has 0 saturated carbocycles. The van der Waals surface area contributed by atoms with E-state index in [1.165, 1.54) is 5.06 Å². The molecule has 0 amide bonds. The van der Waals surface area contributed by atoms with Gasteiger partial charge in [0.2, 0.25) is 0 Å². The van der Waals surface area contributed by atoms with E-state index in [9.17, 15) is 5.21 Å². The van der Waals surface area contributed by atoms with Crippen molar-refractivity contribution < 1.29 is 5.21 Å². The molecule has 0 aliphatic carbocycles. The molecule has 0 spiro atoms. The molecular formula is C10H22N2O. The van der Waals surface area contributed by atoms with Gasteiger partial charge in [-0.05, 0) is 47.0 Å². The molecule has 0 bridgehead atoms. The van der Waals surface area contributed by atoms with Gasteiger partial charge in [0.25, 0.3) is 0 Å². The van der Waals surface area contributed by atoms with Crippen LogP contribution in [0.5, 0.6) is 0 Å². The monoisotopic (exact) mass is 186 g/mol. The smallest absolute Gasteiger partial charge is 0.0425 e. The summed E-state index contributed by atoms with van der Waals surface area (Å²) in [7, 11) is 0. The first-order chi connectivity index (χ1) is 5.76. The Morgan fingerprint density at radius 3 is 2.31 bits per heavy atom. The van der Waals surface area contributed by atoms with Crippen LogP contribution in [-0.2, 0) is 0 Å². The third-order valence-electron chi connectivity index (χ3n) is 3.04. The van der Waals surface area contributed by atoms with Crippen molar-refractivity contribution >= 4 is 0 Å². The van der Waals surface area contributed by atoms with Crippen LogP contribution in [0.25, 0.3) is 0 Å². The lowest BCUT2D eigenvalue weighted by atomic mass is 9.95. The Morgan fingerprint density at radius 2 is 1.77 bits per heavy atom. The van der Waals surface area contributed by atoms with E-state index < -0.39 is 0 Å². The molecule has 1 aliphatic heterocycles. The molecule has 3 N–H and O–H groups in total. The minimum absolute atomic E-state index is 0.155. The van der Waals surface area contributed by atoms with E-state index in [1.54, 1.807) is 0 Å². The third kappa shape index (κ3) is 2.22. The van der Waals surface area contributed by atoms with Crippen molar-refractivity contribution in [1.82, 2.24) is 5.06 Å². The first kappa shape index (κ1) is 11.0. The second kappa shape index (κ2) is 3.23. The molecule has 3 heteroatoms. The summed E-state index contributed by atoms with van der Waals surface area (Å²) in [6.07, 6.45) is 2.80. The maximum absolute atomic E-state index is 10.0. The van der Waals surface area contributed by atoms with Gasteiger partial charge < -0.3 is 10.9 Å². The SMILES string of the molecule is CC1(C)CCC(N)CC(C)(C)N1O. The molecule has 1 unspecified atom stereocenters. The normalized spacial score (nSPS) is 34.2. The van der Waals surface area contributed by atoms with E-state index in [0.717, 1.165) is 19.3 Å². The summed E-state index contributed by atoms with van der Waals surface area (Å²) in [6, 6.07) is 0.214. The molecule has 1 rings (SSSR count). The minimum Gasteiger partial charge on any atom is -0.328 e. The molecule has 13 heavy (non-hydrogen) atoms. The molecule has 0 aromatic rings.